The molecule has 1 aromatic heterocycles. The summed E-state index contributed by atoms with van der Waals surface area (Å²) in [5.41, 5.74) is 1.36. The predicted octanol–water partition coefficient (Wildman–Crippen LogP) is 2.96. The Kier molecular flexibility index (Phi) is 4.31. The van der Waals surface area contributed by atoms with E-state index in [9.17, 15) is 8.42 Å². The number of sulfonamides is 1. The average molecular weight is 319 g/mol. The molecule has 1 heterocycles. The first-order valence-electron chi connectivity index (χ1n) is 7.76. The number of nitrogens with zero attached hydrogens (tertiary/aromatic N) is 2. The van der Waals surface area contributed by atoms with Gasteiger partial charge in [-0.25, -0.2) is 13.1 Å². The topological polar surface area (TPSA) is 64.0 Å². The molecule has 118 valence electrons. The lowest BCUT2D eigenvalue weighted by molar-refractivity contribution is 0.467. The fourth-order valence-corrected chi connectivity index (χ4v) is 4.19. The Bertz CT molecular complexity index is 732. The van der Waals surface area contributed by atoms with Crippen molar-refractivity contribution in [3.8, 4) is 11.3 Å². The van der Waals surface area contributed by atoms with E-state index >= 15 is 0 Å². The van der Waals surface area contributed by atoms with Crippen LogP contribution in [0.2, 0.25) is 0 Å². The number of rotatable bonds is 5. The van der Waals surface area contributed by atoms with E-state index in [2.05, 4.69) is 9.82 Å². The minimum Gasteiger partial charge on any atom is -0.268 e. The summed E-state index contributed by atoms with van der Waals surface area (Å²) in [5.74, 6) is 0. The van der Waals surface area contributed by atoms with Crippen molar-refractivity contribution in [2.24, 2.45) is 0 Å². The molecule has 0 amide bonds. The molecule has 22 heavy (non-hydrogen) atoms. The summed E-state index contributed by atoms with van der Waals surface area (Å²) in [5, 5.41) is 4.61. The molecular formula is C16H21N3O2S. The van der Waals surface area contributed by atoms with Gasteiger partial charge in [0.2, 0.25) is 10.0 Å². The van der Waals surface area contributed by atoms with E-state index in [1.807, 2.05) is 35.0 Å². The van der Waals surface area contributed by atoms with Crippen LogP contribution in [0.15, 0.2) is 41.4 Å². The van der Waals surface area contributed by atoms with Crippen LogP contribution in [-0.4, -0.2) is 24.7 Å². The summed E-state index contributed by atoms with van der Waals surface area (Å²) in [6, 6.07) is 9.81. The zero-order valence-electron chi connectivity index (χ0n) is 12.7. The molecule has 1 aromatic carbocycles. The molecule has 3 rings (SSSR count). The van der Waals surface area contributed by atoms with Gasteiger partial charge in [0.25, 0.3) is 0 Å². The molecule has 0 atom stereocenters. The van der Waals surface area contributed by atoms with Gasteiger partial charge < -0.3 is 0 Å². The van der Waals surface area contributed by atoms with Gasteiger partial charge in [-0.3, -0.25) is 4.68 Å². The van der Waals surface area contributed by atoms with Crippen LogP contribution in [0.4, 0.5) is 0 Å². The maximum Gasteiger partial charge on any atom is 0.244 e. The number of benzene rings is 1. The van der Waals surface area contributed by atoms with Crippen molar-refractivity contribution >= 4 is 10.0 Å². The summed E-state index contributed by atoms with van der Waals surface area (Å²) in [6.07, 6.45) is 6.19. The third kappa shape index (κ3) is 2.94. The van der Waals surface area contributed by atoms with E-state index in [1.54, 1.807) is 13.1 Å². The smallest absolute Gasteiger partial charge is 0.244 e. The summed E-state index contributed by atoms with van der Waals surface area (Å²) < 4.78 is 29.4. The summed E-state index contributed by atoms with van der Waals surface area (Å²) in [7, 11) is -3.53. The standard InChI is InChI=1S/C16H21N3O2S/c1-2-17-22(20,21)15-12-19(14-10-6-7-11-14)18-16(15)13-8-4-3-5-9-13/h3-5,8-9,12,14,17H,2,6-7,10-11H2,1H3. The molecule has 1 aliphatic rings. The second-order valence-corrected chi connectivity index (χ2v) is 7.36. The number of hydrogen-bond donors (Lipinski definition) is 1. The highest BCUT2D eigenvalue weighted by molar-refractivity contribution is 7.89. The highest BCUT2D eigenvalue weighted by atomic mass is 32.2. The Morgan fingerprint density at radius 1 is 1.23 bits per heavy atom. The molecule has 2 aromatic rings. The highest BCUT2D eigenvalue weighted by Crippen LogP contribution is 2.33. The molecule has 5 nitrogen and oxygen atoms in total. The molecule has 1 N–H and O–H groups in total. The van der Waals surface area contributed by atoms with Gasteiger partial charge in [0.1, 0.15) is 10.6 Å². The van der Waals surface area contributed by atoms with E-state index in [4.69, 9.17) is 0 Å². The molecule has 0 aliphatic heterocycles. The van der Waals surface area contributed by atoms with Crippen molar-refractivity contribution in [1.29, 1.82) is 0 Å². The van der Waals surface area contributed by atoms with Gasteiger partial charge in [-0.05, 0) is 12.8 Å². The van der Waals surface area contributed by atoms with Crippen molar-refractivity contribution in [3.05, 3.63) is 36.5 Å². The molecule has 0 unspecified atom stereocenters. The lowest BCUT2D eigenvalue weighted by Crippen LogP contribution is -2.23. The lowest BCUT2D eigenvalue weighted by Gasteiger charge is -2.08. The third-order valence-corrected chi connectivity index (χ3v) is 5.61. The van der Waals surface area contributed by atoms with Crippen LogP contribution < -0.4 is 4.72 Å². The maximum absolute atomic E-state index is 12.5. The Morgan fingerprint density at radius 2 is 1.91 bits per heavy atom. The van der Waals surface area contributed by atoms with Crippen molar-refractivity contribution in [3.63, 3.8) is 0 Å². The number of aromatic nitrogens is 2. The Hall–Kier alpha value is -1.66. The summed E-state index contributed by atoms with van der Waals surface area (Å²) in [4.78, 5) is 0.271. The van der Waals surface area contributed by atoms with E-state index in [0.717, 1.165) is 18.4 Å². The lowest BCUT2D eigenvalue weighted by atomic mass is 10.2. The molecule has 0 spiro atoms. The van der Waals surface area contributed by atoms with Crippen molar-refractivity contribution in [2.45, 2.75) is 43.5 Å². The first kappa shape index (κ1) is 15.2. The van der Waals surface area contributed by atoms with Gasteiger partial charge >= 0.3 is 0 Å². The van der Waals surface area contributed by atoms with E-state index < -0.39 is 10.0 Å². The van der Waals surface area contributed by atoms with Gasteiger partial charge in [-0.15, -0.1) is 0 Å². The average Bonchev–Trinajstić information content (AvgIpc) is 3.17. The second kappa shape index (κ2) is 6.22. The summed E-state index contributed by atoms with van der Waals surface area (Å²) >= 11 is 0. The first-order valence-corrected chi connectivity index (χ1v) is 9.24. The fourth-order valence-electron chi connectivity index (χ4n) is 2.99. The van der Waals surface area contributed by atoms with Crippen LogP contribution in [0.1, 0.15) is 38.6 Å². The first-order chi connectivity index (χ1) is 10.6. The minimum absolute atomic E-state index is 0.271. The molecule has 1 saturated carbocycles. The van der Waals surface area contributed by atoms with Crippen molar-refractivity contribution in [1.82, 2.24) is 14.5 Å². The van der Waals surface area contributed by atoms with Crippen LogP contribution in [0, 0.1) is 0 Å². The van der Waals surface area contributed by atoms with Crippen LogP contribution >= 0.6 is 0 Å². The normalized spacial score (nSPS) is 16.2. The van der Waals surface area contributed by atoms with Crippen LogP contribution in [0.3, 0.4) is 0 Å². The predicted molar refractivity (Wildman–Crippen MR) is 86.0 cm³/mol. The number of hydrogen-bond acceptors (Lipinski definition) is 3. The van der Waals surface area contributed by atoms with Gasteiger partial charge in [0.15, 0.2) is 0 Å². The molecule has 1 aliphatic carbocycles. The monoisotopic (exact) mass is 319 g/mol. The Balaban J connectivity index is 2.10. The highest BCUT2D eigenvalue weighted by Gasteiger charge is 2.26. The molecule has 0 radical (unpaired) electrons. The zero-order valence-corrected chi connectivity index (χ0v) is 13.5. The molecule has 0 saturated heterocycles. The van der Waals surface area contributed by atoms with Crippen molar-refractivity contribution < 1.29 is 8.42 Å². The van der Waals surface area contributed by atoms with E-state index in [-0.39, 0.29) is 4.90 Å². The largest absolute Gasteiger partial charge is 0.268 e. The summed E-state index contributed by atoms with van der Waals surface area (Å²) in [6.45, 7) is 2.15. The molecule has 6 heteroatoms. The van der Waals surface area contributed by atoms with Crippen LogP contribution in [0.25, 0.3) is 11.3 Å². The van der Waals surface area contributed by atoms with Gasteiger partial charge in [-0.1, -0.05) is 50.1 Å². The third-order valence-electron chi connectivity index (χ3n) is 4.07. The van der Waals surface area contributed by atoms with E-state index in [1.165, 1.54) is 12.8 Å². The number of nitrogens with one attached hydrogen (secondary N) is 1. The quantitative estimate of drug-likeness (QED) is 0.921. The SMILES string of the molecule is CCNS(=O)(=O)c1cn(C2CCCC2)nc1-c1ccccc1. The zero-order chi connectivity index (χ0) is 15.6. The van der Waals surface area contributed by atoms with Gasteiger partial charge in [0, 0.05) is 18.3 Å². The maximum atomic E-state index is 12.5. The van der Waals surface area contributed by atoms with Crippen LogP contribution in [-0.2, 0) is 10.0 Å². The van der Waals surface area contributed by atoms with E-state index in [0.29, 0.717) is 18.3 Å². The van der Waals surface area contributed by atoms with Gasteiger partial charge in [-0.2, -0.15) is 5.10 Å². The van der Waals surface area contributed by atoms with Gasteiger partial charge in [0.05, 0.1) is 6.04 Å². The molecule has 0 bridgehead atoms. The van der Waals surface area contributed by atoms with Crippen LogP contribution in [0.5, 0.6) is 0 Å². The Morgan fingerprint density at radius 3 is 2.55 bits per heavy atom. The minimum atomic E-state index is -3.53. The fraction of sp³-hybridized carbons (Fsp3) is 0.438. The second-order valence-electron chi connectivity index (χ2n) is 5.63. The Labute approximate surface area is 131 Å². The molecular weight excluding hydrogens is 298 g/mol. The van der Waals surface area contributed by atoms with Crippen molar-refractivity contribution in [2.75, 3.05) is 6.54 Å². The molecule has 1 fully saturated rings.